The summed E-state index contributed by atoms with van der Waals surface area (Å²) in [5, 5.41) is 0. The topological polar surface area (TPSA) is 43.8 Å². The number of terminal acetylenes is 1. The minimum Gasteiger partial charge on any atom is -0.383 e. The molecule has 2 N–H and O–H groups in total. The number of hydrogen-bond donors (Lipinski definition) is 1. The summed E-state index contributed by atoms with van der Waals surface area (Å²) in [6, 6.07) is 4.38. The first kappa shape index (κ1) is 13.8. The standard InChI is InChI=1S/C18H21N3/c1-5-8-21-17(19)16(20-18(21)14-6-7-14)15-10-12(3)11(2)9-13(15)4/h1,9-10,14H,6-8,19H2,2-4H3. The van der Waals surface area contributed by atoms with Crippen LogP contribution in [0.2, 0.25) is 0 Å². The highest BCUT2D eigenvalue weighted by Gasteiger charge is 2.31. The number of nitrogen functional groups attached to an aromatic ring is 1. The van der Waals surface area contributed by atoms with E-state index >= 15 is 0 Å². The number of aryl methyl sites for hydroxylation is 3. The van der Waals surface area contributed by atoms with Crippen LogP contribution in [-0.2, 0) is 6.54 Å². The van der Waals surface area contributed by atoms with Crippen LogP contribution in [0.4, 0.5) is 5.82 Å². The Kier molecular flexibility index (Phi) is 3.25. The van der Waals surface area contributed by atoms with Gasteiger partial charge < -0.3 is 10.3 Å². The predicted octanol–water partition coefficient (Wildman–Crippen LogP) is 3.57. The highest BCUT2D eigenvalue weighted by molar-refractivity contribution is 5.75. The number of anilines is 1. The second-order valence-electron chi connectivity index (χ2n) is 6.02. The molecule has 0 aliphatic heterocycles. The van der Waals surface area contributed by atoms with Crippen LogP contribution in [0.5, 0.6) is 0 Å². The van der Waals surface area contributed by atoms with Crippen LogP contribution in [0.25, 0.3) is 11.3 Å². The van der Waals surface area contributed by atoms with Gasteiger partial charge in [-0.3, -0.25) is 0 Å². The van der Waals surface area contributed by atoms with Crippen LogP contribution in [0, 0.1) is 33.1 Å². The monoisotopic (exact) mass is 279 g/mol. The average Bonchev–Trinajstić information content (AvgIpc) is 3.22. The molecule has 1 heterocycles. The van der Waals surface area contributed by atoms with Crippen LogP contribution >= 0.6 is 0 Å². The van der Waals surface area contributed by atoms with E-state index in [1.54, 1.807) is 0 Å². The fraction of sp³-hybridized carbons (Fsp3) is 0.389. The zero-order valence-corrected chi connectivity index (χ0v) is 12.9. The Morgan fingerprint density at radius 3 is 2.52 bits per heavy atom. The second-order valence-corrected chi connectivity index (χ2v) is 6.02. The van der Waals surface area contributed by atoms with Crippen LogP contribution < -0.4 is 5.73 Å². The maximum absolute atomic E-state index is 6.35. The molecule has 0 radical (unpaired) electrons. The Morgan fingerprint density at radius 2 is 1.90 bits per heavy atom. The molecule has 0 bridgehead atoms. The van der Waals surface area contributed by atoms with Crippen molar-refractivity contribution >= 4 is 5.82 Å². The third kappa shape index (κ3) is 2.31. The number of imidazole rings is 1. The lowest BCUT2D eigenvalue weighted by Crippen LogP contribution is -2.05. The largest absolute Gasteiger partial charge is 0.383 e. The third-order valence-corrected chi connectivity index (χ3v) is 4.32. The van der Waals surface area contributed by atoms with Crippen molar-refractivity contribution in [2.45, 2.75) is 46.1 Å². The Hall–Kier alpha value is -2.21. The normalized spacial score (nSPS) is 14.2. The maximum Gasteiger partial charge on any atom is 0.132 e. The minimum absolute atomic E-state index is 0.495. The van der Waals surface area contributed by atoms with Crippen LogP contribution in [-0.4, -0.2) is 9.55 Å². The summed E-state index contributed by atoms with van der Waals surface area (Å²) in [4.78, 5) is 4.83. The Balaban J connectivity index is 2.17. The Labute approximate surface area is 126 Å². The molecule has 1 aliphatic carbocycles. The fourth-order valence-electron chi connectivity index (χ4n) is 2.81. The lowest BCUT2D eigenvalue weighted by Gasteiger charge is -2.09. The van der Waals surface area contributed by atoms with Gasteiger partial charge >= 0.3 is 0 Å². The predicted molar refractivity (Wildman–Crippen MR) is 87.1 cm³/mol. The molecule has 0 amide bonds. The summed E-state index contributed by atoms with van der Waals surface area (Å²) in [6.45, 7) is 6.85. The number of rotatable bonds is 3. The van der Waals surface area contributed by atoms with E-state index in [0.29, 0.717) is 18.3 Å². The van der Waals surface area contributed by atoms with E-state index < -0.39 is 0 Å². The van der Waals surface area contributed by atoms with E-state index in [0.717, 1.165) is 17.1 Å². The van der Waals surface area contributed by atoms with Gasteiger partial charge in [-0.1, -0.05) is 12.0 Å². The Bertz CT molecular complexity index is 743. The second kappa shape index (κ2) is 4.96. The summed E-state index contributed by atoms with van der Waals surface area (Å²) in [5.74, 6) is 4.97. The zero-order valence-electron chi connectivity index (χ0n) is 12.9. The number of nitrogens with two attached hydrogens (primary N) is 1. The molecule has 1 aromatic heterocycles. The number of benzene rings is 1. The highest BCUT2D eigenvalue weighted by atomic mass is 15.1. The van der Waals surface area contributed by atoms with E-state index in [4.69, 9.17) is 17.1 Å². The molecule has 1 aliphatic rings. The van der Waals surface area contributed by atoms with Gasteiger partial charge in [0.25, 0.3) is 0 Å². The molecule has 1 saturated carbocycles. The summed E-state index contributed by atoms with van der Waals surface area (Å²) < 4.78 is 2.00. The Morgan fingerprint density at radius 1 is 1.24 bits per heavy atom. The minimum atomic E-state index is 0.495. The van der Waals surface area contributed by atoms with Crippen molar-refractivity contribution in [2.75, 3.05) is 5.73 Å². The van der Waals surface area contributed by atoms with E-state index in [-0.39, 0.29) is 0 Å². The smallest absolute Gasteiger partial charge is 0.132 e. The van der Waals surface area contributed by atoms with Crippen LogP contribution in [0.15, 0.2) is 12.1 Å². The van der Waals surface area contributed by atoms with E-state index in [2.05, 4.69) is 38.8 Å². The number of aromatic nitrogens is 2. The van der Waals surface area contributed by atoms with Gasteiger partial charge in [0.15, 0.2) is 0 Å². The summed E-state index contributed by atoms with van der Waals surface area (Å²) in [7, 11) is 0. The molecular weight excluding hydrogens is 258 g/mol. The summed E-state index contributed by atoms with van der Waals surface area (Å²) in [5.41, 5.74) is 12.1. The third-order valence-electron chi connectivity index (χ3n) is 4.32. The molecule has 3 nitrogen and oxygen atoms in total. The molecule has 1 fully saturated rings. The molecule has 0 saturated heterocycles. The number of nitrogens with zero attached hydrogens (tertiary/aromatic N) is 2. The lowest BCUT2D eigenvalue weighted by atomic mass is 9.99. The molecular formula is C18H21N3. The van der Waals surface area contributed by atoms with E-state index in [9.17, 15) is 0 Å². The van der Waals surface area contributed by atoms with Crippen molar-refractivity contribution in [2.24, 2.45) is 0 Å². The van der Waals surface area contributed by atoms with Crippen molar-refractivity contribution < 1.29 is 0 Å². The summed E-state index contributed by atoms with van der Waals surface area (Å²) >= 11 is 0. The summed E-state index contributed by atoms with van der Waals surface area (Å²) in [6.07, 6.45) is 7.86. The van der Waals surface area contributed by atoms with Crippen molar-refractivity contribution in [3.8, 4) is 23.6 Å². The van der Waals surface area contributed by atoms with E-state index in [1.165, 1.54) is 29.5 Å². The molecule has 0 spiro atoms. The first-order valence-electron chi connectivity index (χ1n) is 7.40. The first-order chi connectivity index (χ1) is 10.0. The van der Waals surface area contributed by atoms with Gasteiger partial charge in [0.2, 0.25) is 0 Å². The van der Waals surface area contributed by atoms with Gasteiger partial charge in [-0.15, -0.1) is 6.42 Å². The molecule has 2 aromatic rings. The van der Waals surface area contributed by atoms with Gasteiger partial charge in [0.1, 0.15) is 17.3 Å². The molecule has 3 heteroatoms. The van der Waals surface area contributed by atoms with Crippen molar-refractivity contribution in [1.29, 1.82) is 0 Å². The SMILES string of the molecule is C#CCn1c(C2CC2)nc(-c2cc(C)c(C)cc2C)c1N. The lowest BCUT2D eigenvalue weighted by molar-refractivity contribution is 0.762. The van der Waals surface area contributed by atoms with Crippen LogP contribution in [0.1, 0.15) is 41.3 Å². The molecule has 21 heavy (non-hydrogen) atoms. The van der Waals surface area contributed by atoms with Gasteiger partial charge in [-0.2, -0.15) is 0 Å². The number of hydrogen-bond acceptors (Lipinski definition) is 2. The van der Waals surface area contributed by atoms with E-state index in [1.807, 2.05) is 4.57 Å². The molecule has 3 rings (SSSR count). The molecule has 108 valence electrons. The van der Waals surface area contributed by atoms with Crippen molar-refractivity contribution in [3.05, 3.63) is 34.6 Å². The van der Waals surface area contributed by atoms with Gasteiger partial charge in [0, 0.05) is 11.5 Å². The van der Waals surface area contributed by atoms with Crippen molar-refractivity contribution in [3.63, 3.8) is 0 Å². The molecule has 0 atom stereocenters. The van der Waals surface area contributed by atoms with Gasteiger partial charge in [-0.05, 0) is 56.4 Å². The van der Waals surface area contributed by atoms with Crippen LogP contribution in [0.3, 0.4) is 0 Å². The quantitative estimate of drug-likeness (QED) is 0.873. The van der Waals surface area contributed by atoms with Gasteiger partial charge in [-0.25, -0.2) is 4.98 Å². The zero-order chi connectivity index (χ0) is 15.1. The van der Waals surface area contributed by atoms with Crippen molar-refractivity contribution in [1.82, 2.24) is 9.55 Å². The molecule has 1 aromatic carbocycles. The molecule has 0 unspecified atom stereocenters. The first-order valence-corrected chi connectivity index (χ1v) is 7.40. The maximum atomic E-state index is 6.35. The highest BCUT2D eigenvalue weighted by Crippen LogP contribution is 2.42. The fourth-order valence-corrected chi connectivity index (χ4v) is 2.81. The average molecular weight is 279 g/mol. The van der Waals surface area contributed by atoms with Gasteiger partial charge in [0.05, 0.1) is 6.54 Å².